The van der Waals surface area contributed by atoms with Crippen LogP contribution in [0.1, 0.15) is 39.0 Å². The predicted molar refractivity (Wildman–Crippen MR) is 79.7 cm³/mol. The molecule has 5 nitrogen and oxygen atoms in total. The van der Waals surface area contributed by atoms with E-state index in [0.29, 0.717) is 12.2 Å². The zero-order valence-electron chi connectivity index (χ0n) is 12.1. The molecule has 1 amide bonds. The van der Waals surface area contributed by atoms with Crippen molar-refractivity contribution in [2.45, 2.75) is 50.4 Å². The molecule has 0 aromatic rings. The van der Waals surface area contributed by atoms with Gasteiger partial charge in [0.05, 0.1) is 5.37 Å². The number of carboxylic acids is 1. The van der Waals surface area contributed by atoms with Gasteiger partial charge in [-0.05, 0) is 32.4 Å². The summed E-state index contributed by atoms with van der Waals surface area (Å²) < 4.78 is 0. The third kappa shape index (κ3) is 3.67. The lowest BCUT2D eigenvalue weighted by atomic mass is 10.2. The number of hydrogen-bond acceptors (Lipinski definition) is 4. The number of hydrogen-bond donors (Lipinski definition) is 1. The molecule has 0 spiro atoms. The first-order valence-corrected chi connectivity index (χ1v) is 8.56. The second kappa shape index (κ2) is 7.31. The summed E-state index contributed by atoms with van der Waals surface area (Å²) in [5.41, 5.74) is 0. The van der Waals surface area contributed by atoms with E-state index in [2.05, 4.69) is 11.8 Å². The van der Waals surface area contributed by atoms with E-state index in [0.717, 1.165) is 32.5 Å². The fraction of sp³-hybridized carbons (Fsp3) is 0.857. The molecule has 0 aromatic heterocycles. The standard InChI is InChI=1S/C14H24N2O3S/c1-2-5-13-16(11(10-20-13)14(18)19)12(17)6-9-15-7-3-4-8-15/h11,13H,2-10H2,1H3,(H,18,19). The van der Waals surface area contributed by atoms with Crippen LogP contribution >= 0.6 is 11.8 Å². The average molecular weight is 300 g/mol. The van der Waals surface area contributed by atoms with Crippen LogP contribution < -0.4 is 0 Å². The van der Waals surface area contributed by atoms with Gasteiger partial charge in [-0.2, -0.15) is 0 Å². The highest BCUT2D eigenvalue weighted by atomic mass is 32.2. The Morgan fingerprint density at radius 2 is 2.00 bits per heavy atom. The molecule has 114 valence electrons. The number of carbonyl (C=O) groups excluding carboxylic acids is 1. The van der Waals surface area contributed by atoms with Gasteiger partial charge in [-0.3, -0.25) is 4.79 Å². The number of likely N-dealkylation sites (tertiary alicyclic amines) is 1. The fourth-order valence-electron chi connectivity index (χ4n) is 2.95. The highest BCUT2D eigenvalue weighted by Gasteiger charge is 2.40. The Hall–Kier alpha value is -0.750. The van der Waals surface area contributed by atoms with Crippen LogP contribution in [0.2, 0.25) is 0 Å². The molecule has 2 rings (SSSR count). The molecule has 2 saturated heterocycles. The molecule has 20 heavy (non-hydrogen) atoms. The molecule has 0 bridgehead atoms. The smallest absolute Gasteiger partial charge is 0.327 e. The Kier molecular flexibility index (Phi) is 5.72. The number of carboxylic acid groups (broad SMARTS) is 1. The van der Waals surface area contributed by atoms with Crippen LogP contribution in [0.4, 0.5) is 0 Å². The molecule has 2 aliphatic rings. The topological polar surface area (TPSA) is 60.9 Å². The third-order valence-electron chi connectivity index (χ3n) is 4.04. The van der Waals surface area contributed by atoms with Crippen LogP contribution in [0, 0.1) is 0 Å². The van der Waals surface area contributed by atoms with Crippen LogP contribution in [0.15, 0.2) is 0 Å². The minimum atomic E-state index is -0.870. The molecule has 0 saturated carbocycles. The molecular weight excluding hydrogens is 276 g/mol. The highest BCUT2D eigenvalue weighted by molar-refractivity contribution is 8.00. The summed E-state index contributed by atoms with van der Waals surface area (Å²) >= 11 is 1.61. The number of rotatable bonds is 6. The van der Waals surface area contributed by atoms with Crippen molar-refractivity contribution in [1.29, 1.82) is 0 Å². The minimum Gasteiger partial charge on any atom is -0.480 e. The van der Waals surface area contributed by atoms with Gasteiger partial charge >= 0.3 is 5.97 Å². The van der Waals surface area contributed by atoms with Gasteiger partial charge in [-0.1, -0.05) is 13.3 Å². The SMILES string of the molecule is CCCC1SCC(C(=O)O)N1C(=O)CCN1CCCC1. The van der Waals surface area contributed by atoms with E-state index in [4.69, 9.17) is 0 Å². The summed E-state index contributed by atoms with van der Waals surface area (Å²) in [4.78, 5) is 27.7. The van der Waals surface area contributed by atoms with Crippen molar-refractivity contribution in [2.75, 3.05) is 25.4 Å². The summed E-state index contributed by atoms with van der Waals surface area (Å²) in [6.07, 6.45) is 4.72. The van der Waals surface area contributed by atoms with Gasteiger partial charge in [-0.15, -0.1) is 11.8 Å². The van der Waals surface area contributed by atoms with E-state index in [1.54, 1.807) is 16.7 Å². The third-order valence-corrected chi connectivity index (χ3v) is 5.40. The first-order valence-electron chi connectivity index (χ1n) is 7.51. The van der Waals surface area contributed by atoms with Crippen LogP contribution in [-0.2, 0) is 9.59 Å². The number of carbonyl (C=O) groups is 2. The van der Waals surface area contributed by atoms with Crippen molar-refractivity contribution in [2.24, 2.45) is 0 Å². The monoisotopic (exact) mass is 300 g/mol. The van der Waals surface area contributed by atoms with Crippen molar-refractivity contribution in [3.8, 4) is 0 Å². The maximum Gasteiger partial charge on any atom is 0.327 e. The quantitative estimate of drug-likeness (QED) is 0.808. The lowest BCUT2D eigenvalue weighted by Crippen LogP contribution is -2.46. The lowest BCUT2D eigenvalue weighted by molar-refractivity contribution is -0.149. The van der Waals surface area contributed by atoms with Crippen LogP contribution in [-0.4, -0.2) is 63.6 Å². The summed E-state index contributed by atoms with van der Waals surface area (Å²) in [6.45, 7) is 4.98. The Morgan fingerprint density at radius 3 is 2.60 bits per heavy atom. The van der Waals surface area contributed by atoms with Gasteiger partial charge in [0.15, 0.2) is 0 Å². The number of amides is 1. The van der Waals surface area contributed by atoms with Gasteiger partial charge in [0.2, 0.25) is 5.91 Å². The summed E-state index contributed by atoms with van der Waals surface area (Å²) in [5, 5.41) is 9.33. The molecule has 0 radical (unpaired) electrons. The minimum absolute atomic E-state index is 0.00718. The van der Waals surface area contributed by atoms with Crippen molar-refractivity contribution in [3.63, 3.8) is 0 Å². The second-order valence-corrected chi connectivity index (χ2v) is 6.74. The van der Waals surface area contributed by atoms with E-state index < -0.39 is 12.0 Å². The Morgan fingerprint density at radius 1 is 1.30 bits per heavy atom. The predicted octanol–water partition coefficient (Wildman–Crippen LogP) is 1.63. The van der Waals surface area contributed by atoms with Crippen molar-refractivity contribution >= 4 is 23.6 Å². The van der Waals surface area contributed by atoms with Gasteiger partial charge in [0.25, 0.3) is 0 Å². The average Bonchev–Trinajstić information content (AvgIpc) is 3.05. The molecule has 2 fully saturated rings. The first-order chi connectivity index (χ1) is 9.63. The Labute approximate surface area is 124 Å². The normalized spacial score (nSPS) is 27.1. The van der Waals surface area contributed by atoms with Crippen LogP contribution in [0.3, 0.4) is 0 Å². The first kappa shape index (κ1) is 15.6. The highest BCUT2D eigenvalue weighted by Crippen LogP contribution is 2.32. The summed E-state index contributed by atoms with van der Waals surface area (Å²) in [5.74, 6) is -0.339. The largest absolute Gasteiger partial charge is 0.480 e. The van der Waals surface area contributed by atoms with Gasteiger partial charge in [0, 0.05) is 18.7 Å². The van der Waals surface area contributed by atoms with E-state index >= 15 is 0 Å². The summed E-state index contributed by atoms with van der Waals surface area (Å²) in [7, 11) is 0. The van der Waals surface area contributed by atoms with Crippen LogP contribution in [0.25, 0.3) is 0 Å². The van der Waals surface area contributed by atoms with Gasteiger partial charge in [0.1, 0.15) is 6.04 Å². The molecule has 2 heterocycles. The maximum atomic E-state index is 12.4. The molecule has 2 unspecified atom stereocenters. The number of nitrogens with zero attached hydrogens (tertiary/aromatic N) is 2. The van der Waals surface area contributed by atoms with Gasteiger partial charge < -0.3 is 14.9 Å². The van der Waals surface area contributed by atoms with Crippen molar-refractivity contribution in [3.05, 3.63) is 0 Å². The molecule has 0 aliphatic carbocycles. The van der Waals surface area contributed by atoms with Gasteiger partial charge in [-0.25, -0.2) is 4.79 Å². The zero-order chi connectivity index (χ0) is 14.5. The van der Waals surface area contributed by atoms with E-state index in [9.17, 15) is 14.7 Å². The van der Waals surface area contributed by atoms with E-state index in [1.165, 1.54) is 12.8 Å². The Bertz CT molecular complexity index is 358. The van der Waals surface area contributed by atoms with Crippen LogP contribution in [0.5, 0.6) is 0 Å². The second-order valence-electron chi connectivity index (χ2n) is 5.53. The molecular formula is C14H24N2O3S. The molecule has 0 aromatic carbocycles. The van der Waals surface area contributed by atoms with Crippen molar-refractivity contribution < 1.29 is 14.7 Å². The lowest BCUT2D eigenvalue weighted by Gasteiger charge is -2.28. The number of aliphatic carboxylic acids is 1. The molecule has 6 heteroatoms. The molecule has 2 atom stereocenters. The fourth-order valence-corrected chi connectivity index (χ4v) is 4.48. The summed E-state index contributed by atoms with van der Waals surface area (Å²) in [6, 6.07) is -0.636. The maximum absolute atomic E-state index is 12.4. The Balaban J connectivity index is 1.93. The zero-order valence-corrected chi connectivity index (χ0v) is 12.9. The molecule has 2 aliphatic heterocycles. The molecule has 1 N–H and O–H groups in total. The number of thioether (sulfide) groups is 1. The van der Waals surface area contributed by atoms with E-state index in [-0.39, 0.29) is 11.3 Å². The van der Waals surface area contributed by atoms with E-state index in [1.807, 2.05) is 0 Å². The van der Waals surface area contributed by atoms with Crippen molar-refractivity contribution in [1.82, 2.24) is 9.80 Å².